The van der Waals surface area contributed by atoms with Crippen LogP contribution in [0.25, 0.3) is 16.8 Å². The van der Waals surface area contributed by atoms with Gasteiger partial charge in [0.1, 0.15) is 18.4 Å². The lowest BCUT2D eigenvalue weighted by atomic mass is 10.5. The zero-order valence-electron chi connectivity index (χ0n) is 10.3. The third kappa shape index (κ3) is 1.55. The Morgan fingerprint density at radius 3 is 3.00 bits per heavy atom. The monoisotopic (exact) mass is 270 g/mol. The second-order valence-electron chi connectivity index (χ2n) is 4.27. The first-order chi connectivity index (χ1) is 9.85. The zero-order valence-corrected chi connectivity index (χ0v) is 10.3. The fourth-order valence-corrected chi connectivity index (χ4v) is 2.04. The van der Waals surface area contributed by atoms with Gasteiger partial charge in [0.2, 0.25) is 0 Å². The lowest BCUT2D eigenvalue weighted by Crippen LogP contribution is -2.05. The van der Waals surface area contributed by atoms with Crippen LogP contribution in [-0.4, -0.2) is 44.5 Å². The van der Waals surface area contributed by atoms with Gasteiger partial charge in [-0.2, -0.15) is 0 Å². The summed E-state index contributed by atoms with van der Waals surface area (Å²) in [6.45, 7) is 0.798. The number of hydrogen-bond acceptors (Lipinski definition) is 7. The van der Waals surface area contributed by atoms with Gasteiger partial charge in [0, 0.05) is 6.54 Å². The van der Waals surface area contributed by atoms with Crippen LogP contribution in [0.3, 0.4) is 0 Å². The number of nitrogens with one attached hydrogen (secondary N) is 1. The largest absolute Gasteiger partial charge is 0.340 e. The molecule has 4 aromatic heterocycles. The van der Waals surface area contributed by atoms with Gasteiger partial charge >= 0.3 is 0 Å². The topological polar surface area (TPSA) is 128 Å². The SMILES string of the molecule is NCc1cn(Cc2nnc3c4[nH]cnc4ncn23)nn1. The number of H-pyrrole nitrogens is 1. The lowest BCUT2D eigenvalue weighted by molar-refractivity contribution is 0.619. The number of aromatic amines is 1. The molecule has 4 heterocycles. The highest BCUT2D eigenvalue weighted by Crippen LogP contribution is 2.13. The predicted octanol–water partition coefficient (Wildman–Crippen LogP) is -0.901. The van der Waals surface area contributed by atoms with Crippen molar-refractivity contribution in [2.75, 3.05) is 0 Å². The first-order valence-electron chi connectivity index (χ1n) is 5.96. The summed E-state index contributed by atoms with van der Waals surface area (Å²) in [4.78, 5) is 11.3. The van der Waals surface area contributed by atoms with Crippen LogP contribution in [-0.2, 0) is 13.1 Å². The van der Waals surface area contributed by atoms with E-state index in [0.717, 1.165) is 11.2 Å². The number of aromatic nitrogens is 9. The molecule has 0 amide bonds. The van der Waals surface area contributed by atoms with Crippen molar-refractivity contribution in [2.24, 2.45) is 5.73 Å². The van der Waals surface area contributed by atoms with E-state index in [2.05, 4.69) is 35.5 Å². The van der Waals surface area contributed by atoms with Crippen molar-refractivity contribution in [3.05, 3.63) is 30.4 Å². The summed E-state index contributed by atoms with van der Waals surface area (Å²) in [7, 11) is 0. The Kier molecular flexibility index (Phi) is 2.23. The summed E-state index contributed by atoms with van der Waals surface area (Å²) in [5.74, 6) is 0.706. The van der Waals surface area contributed by atoms with Crippen molar-refractivity contribution in [3.63, 3.8) is 0 Å². The molecule has 10 nitrogen and oxygen atoms in total. The molecule has 0 aliphatic heterocycles. The van der Waals surface area contributed by atoms with Crippen molar-refractivity contribution in [3.8, 4) is 0 Å². The van der Waals surface area contributed by atoms with E-state index >= 15 is 0 Å². The molecule has 0 radical (unpaired) electrons. The first kappa shape index (κ1) is 11.0. The molecule has 0 aliphatic carbocycles. The minimum atomic E-state index is 0.358. The molecule has 0 atom stereocenters. The van der Waals surface area contributed by atoms with Crippen LogP contribution in [0.1, 0.15) is 11.5 Å². The van der Waals surface area contributed by atoms with Crippen molar-refractivity contribution in [1.82, 2.24) is 44.5 Å². The highest BCUT2D eigenvalue weighted by Gasteiger charge is 2.12. The van der Waals surface area contributed by atoms with Gasteiger partial charge in [-0.15, -0.1) is 15.3 Å². The highest BCUT2D eigenvalue weighted by atomic mass is 15.4. The van der Waals surface area contributed by atoms with Gasteiger partial charge in [0.25, 0.3) is 0 Å². The van der Waals surface area contributed by atoms with Crippen LogP contribution in [0, 0.1) is 0 Å². The molecule has 0 aliphatic rings. The van der Waals surface area contributed by atoms with Crippen molar-refractivity contribution >= 4 is 16.8 Å². The average Bonchev–Trinajstić information content (AvgIpc) is 3.17. The van der Waals surface area contributed by atoms with Crippen LogP contribution in [0.5, 0.6) is 0 Å². The molecular formula is C10H10N10. The molecule has 20 heavy (non-hydrogen) atoms. The van der Waals surface area contributed by atoms with Crippen molar-refractivity contribution in [1.29, 1.82) is 0 Å². The molecule has 0 aromatic carbocycles. The quantitative estimate of drug-likeness (QED) is 0.493. The van der Waals surface area contributed by atoms with Gasteiger partial charge in [0.15, 0.2) is 17.1 Å². The third-order valence-corrected chi connectivity index (χ3v) is 3.00. The number of nitrogens with two attached hydrogens (primary N) is 1. The molecule has 0 spiro atoms. The smallest absolute Gasteiger partial charge is 0.189 e. The van der Waals surface area contributed by atoms with Gasteiger partial charge in [-0.05, 0) is 0 Å². The number of rotatable bonds is 3. The normalized spacial score (nSPS) is 11.7. The summed E-state index contributed by atoms with van der Waals surface area (Å²) in [5.41, 5.74) is 8.29. The summed E-state index contributed by atoms with van der Waals surface area (Å²) in [6, 6.07) is 0. The summed E-state index contributed by atoms with van der Waals surface area (Å²) >= 11 is 0. The first-order valence-corrected chi connectivity index (χ1v) is 5.96. The molecule has 3 N–H and O–H groups in total. The number of hydrogen-bond donors (Lipinski definition) is 2. The molecule has 4 aromatic rings. The number of nitrogens with zero attached hydrogens (tertiary/aromatic N) is 8. The number of imidazole rings is 1. The summed E-state index contributed by atoms with van der Waals surface area (Å²) < 4.78 is 3.46. The van der Waals surface area contributed by atoms with E-state index in [1.165, 1.54) is 0 Å². The molecular weight excluding hydrogens is 260 g/mol. The van der Waals surface area contributed by atoms with Crippen LogP contribution in [0.2, 0.25) is 0 Å². The van der Waals surface area contributed by atoms with Gasteiger partial charge in [0.05, 0.1) is 18.2 Å². The van der Waals surface area contributed by atoms with Crippen molar-refractivity contribution < 1.29 is 0 Å². The van der Waals surface area contributed by atoms with E-state index < -0.39 is 0 Å². The van der Waals surface area contributed by atoms with Gasteiger partial charge in [-0.3, -0.25) is 4.40 Å². The minimum absolute atomic E-state index is 0.358. The maximum Gasteiger partial charge on any atom is 0.189 e. The Balaban J connectivity index is 1.79. The molecule has 0 saturated heterocycles. The molecule has 0 unspecified atom stereocenters. The van der Waals surface area contributed by atoms with E-state index in [4.69, 9.17) is 5.73 Å². The number of fused-ring (bicyclic) bond motifs is 3. The van der Waals surface area contributed by atoms with E-state index in [-0.39, 0.29) is 0 Å². The molecule has 4 rings (SSSR count). The maximum absolute atomic E-state index is 5.51. The zero-order chi connectivity index (χ0) is 13.5. The van der Waals surface area contributed by atoms with Gasteiger partial charge < -0.3 is 10.7 Å². The van der Waals surface area contributed by atoms with E-state index in [1.54, 1.807) is 27.9 Å². The third-order valence-electron chi connectivity index (χ3n) is 3.00. The van der Waals surface area contributed by atoms with Crippen LogP contribution < -0.4 is 5.73 Å². The van der Waals surface area contributed by atoms with E-state index in [0.29, 0.717) is 30.2 Å². The minimum Gasteiger partial charge on any atom is -0.340 e. The van der Waals surface area contributed by atoms with Crippen LogP contribution in [0.15, 0.2) is 18.9 Å². The van der Waals surface area contributed by atoms with Crippen molar-refractivity contribution in [2.45, 2.75) is 13.1 Å². The Labute approximate surface area is 111 Å². The second kappa shape index (κ2) is 4.06. The van der Waals surface area contributed by atoms with E-state index in [1.807, 2.05) is 0 Å². The maximum atomic E-state index is 5.51. The van der Waals surface area contributed by atoms with Crippen LogP contribution >= 0.6 is 0 Å². The van der Waals surface area contributed by atoms with Gasteiger partial charge in [-0.25, -0.2) is 14.6 Å². The van der Waals surface area contributed by atoms with E-state index in [9.17, 15) is 0 Å². The standard InChI is InChI=1S/C10H10N10/c11-1-6-2-19(18-15-6)3-7-16-17-10-8-9(13-4-12-8)14-5-20(7)10/h2,4-5H,1,3,11H2,(H,12,13). The molecule has 10 heteroatoms. The highest BCUT2D eigenvalue weighted by molar-refractivity contribution is 5.84. The fraction of sp³-hybridized carbons (Fsp3) is 0.200. The Bertz CT molecular complexity index is 884. The summed E-state index contributed by atoms with van der Waals surface area (Å²) in [5, 5.41) is 16.2. The molecule has 0 fully saturated rings. The molecule has 0 bridgehead atoms. The Hall–Kier alpha value is -2.88. The fourth-order valence-electron chi connectivity index (χ4n) is 2.04. The Morgan fingerprint density at radius 2 is 2.15 bits per heavy atom. The lowest BCUT2D eigenvalue weighted by Gasteiger charge is -1.99. The second-order valence-corrected chi connectivity index (χ2v) is 4.27. The molecule has 100 valence electrons. The molecule has 0 saturated carbocycles. The predicted molar refractivity (Wildman–Crippen MR) is 67.4 cm³/mol. The van der Waals surface area contributed by atoms with Crippen LogP contribution in [0.4, 0.5) is 0 Å². The van der Waals surface area contributed by atoms with Gasteiger partial charge in [-0.1, -0.05) is 5.21 Å². The average molecular weight is 270 g/mol. The Morgan fingerprint density at radius 1 is 1.20 bits per heavy atom. The summed E-state index contributed by atoms with van der Waals surface area (Å²) in [6.07, 6.45) is 5.01.